The lowest BCUT2D eigenvalue weighted by Crippen LogP contribution is -2.37. The molecule has 1 aromatic carbocycles. The molecule has 150 valence electrons. The fourth-order valence-electron chi connectivity index (χ4n) is 3.64. The van der Waals surface area contributed by atoms with Crippen LogP contribution in [-0.2, 0) is 4.79 Å². The van der Waals surface area contributed by atoms with Crippen molar-refractivity contribution in [1.29, 1.82) is 0 Å². The van der Waals surface area contributed by atoms with Crippen LogP contribution in [0.3, 0.4) is 0 Å². The molecule has 3 aromatic rings. The first-order chi connectivity index (χ1) is 14.4. The number of carbonyl (C=O) groups excluding carboxylic acids is 1. The van der Waals surface area contributed by atoms with Crippen LogP contribution < -0.4 is 5.73 Å². The van der Waals surface area contributed by atoms with E-state index in [1.165, 1.54) is 4.90 Å². The Balaban J connectivity index is 1.48. The summed E-state index contributed by atoms with van der Waals surface area (Å²) in [4.78, 5) is 27.3. The lowest BCUT2D eigenvalue weighted by atomic mass is 10.0. The molecule has 0 radical (unpaired) electrons. The van der Waals surface area contributed by atoms with E-state index >= 15 is 0 Å². The highest BCUT2D eigenvalue weighted by molar-refractivity contribution is 5.90. The van der Waals surface area contributed by atoms with E-state index < -0.39 is 5.60 Å². The molecule has 2 aliphatic rings. The average Bonchev–Trinajstić information content (AvgIpc) is 3.57. The number of nitrogen functional groups attached to an aromatic ring is 1. The third-order valence-electron chi connectivity index (χ3n) is 5.61. The smallest absolute Gasteiger partial charge is 0.267 e. The number of carbonyl (C=O) groups is 1. The summed E-state index contributed by atoms with van der Waals surface area (Å²) in [5, 5.41) is 10.5. The standard InChI is InChI=1S/C23H21N5O2/c1-28-12-11-23(30,22(28)29)10-9-14-3-2-4-16(13-14)17-7-8-18-19(25-17)20(24)27-21(26-18)15-5-6-15/h2-4,7-8,13,15,30H,5-6,11-12H2,1H3,(H2,24,26,27). The Morgan fingerprint density at radius 3 is 2.77 bits per heavy atom. The topological polar surface area (TPSA) is 105 Å². The van der Waals surface area contributed by atoms with Crippen molar-refractivity contribution in [3.8, 4) is 23.1 Å². The minimum atomic E-state index is -1.61. The number of aliphatic hydroxyl groups is 1. The molecule has 1 saturated carbocycles. The van der Waals surface area contributed by atoms with E-state index in [2.05, 4.69) is 26.8 Å². The van der Waals surface area contributed by atoms with Gasteiger partial charge in [-0.25, -0.2) is 15.0 Å². The number of pyridine rings is 1. The second kappa shape index (κ2) is 6.78. The van der Waals surface area contributed by atoms with Crippen molar-refractivity contribution in [3.63, 3.8) is 0 Å². The maximum absolute atomic E-state index is 12.1. The lowest BCUT2D eigenvalue weighted by Gasteiger charge is -2.13. The predicted molar refractivity (Wildman–Crippen MR) is 113 cm³/mol. The molecule has 7 nitrogen and oxygen atoms in total. The van der Waals surface area contributed by atoms with Crippen molar-refractivity contribution in [2.45, 2.75) is 30.8 Å². The molecule has 1 atom stereocenters. The molecule has 2 aromatic heterocycles. The largest absolute Gasteiger partial charge is 0.382 e. The summed E-state index contributed by atoms with van der Waals surface area (Å²) >= 11 is 0. The highest BCUT2D eigenvalue weighted by Gasteiger charge is 2.42. The number of nitrogens with two attached hydrogens (primary N) is 1. The zero-order valence-corrected chi connectivity index (χ0v) is 16.6. The maximum Gasteiger partial charge on any atom is 0.267 e. The second-order valence-corrected chi connectivity index (χ2v) is 7.97. The number of rotatable bonds is 2. The van der Waals surface area contributed by atoms with Crippen LogP contribution in [0.15, 0.2) is 36.4 Å². The summed E-state index contributed by atoms with van der Waals surface area (Å²) < 4.78 is 0. The molecule has 1 saturated heterocycles. The maximum atomic E-state index is 12.1. The number of likely N-dealkylation sites (tertiary alicyclic amines) is 1. The van der Waals surface area contributed by atoms with Gasteiger partial charge in [-0.1, -0.05) is 24.0 Å². The number of anilines is 1. The third-order valence-corrected chi connectivity index (χ3v) is 5.61. The minimum absolute atomic E-state index is 0.309. The Labute approximate surface area is 174 Å². The fraction of sp³-hybridized carbons (Fsp3) is 0.304. The molecule has 5 rings (SSSR count). The average molecular weight is 399 g/mol. The Morgan fingerprint density at radius 1 is 1.20 bits per heavy atom. The highest BCUT2D eigenvalue weighted by atomic mass is 16.3. The molecule has 30 heavy (non-hydrogen) atoms. The quantitative estimate of drug-likeness (QED) is 0.640. The molecule has 7 heteroatoms. The summed E-state index contributed by atoms with van der Waals surface area (Å²) in [5.74, 6) is 6.95. The number of nitrogens with zero attached hydrogens (tertiary/aromatic N) is 4. The van der Waals surface area contributed by atoms with Gasteiger partial charge in [0.05, 0.1) is 11.2 Å². The van der Waals surface area contributed by atoms with Gasteiger partial charge < -0.3 is 15.7 Å². The van der Waals surface area contributed by atoms with E-state index in [0.29, 0.717) is 35.8 Å². The van der Waals surface area contributed by atoms with Crippen molar-refractivity contribution < 1.29 is 9.90 Å². The highest BCUT2D eigenvalue weighted by Crippen LogP contribution is 2.39. The molecule has 3 heterocycles. The summed E-state index contributed by atoms with van der Waals surface area (Å²) in [6.07, 6.45) is 2.53. The van der Waals surface area contributed by atoms with E-state index in [4.69, 9.17) is 5.73 Å². The van der Waals surface area contributed by atoms with Gasteiger partial charge in [-0.3, -0.25) is 4.79 Å². The normalized spacial score (nSPS) is 21.0. The first-order valence-corrected chi connectivity index (χ1v) is 9.99. The Morgan fingerprint density at radius 2 is 2.03 bits per heavy atom. The van der Waals surface area contributed by atoms with Crippen LogP contribution in [0.2, 0.25) is 0 Å². The third kappa shape index (κ3) is 3.25. The van der Waals surface area contributed by atoms with E-state index in [0.717, 1.165) is 35.4 Å². The fourth-order valence-corrected chi connectivity index (χ4v) is 3.64. The summed E-state index contributed by atoms with van der Waals surface area (Å²) in [6.45, 7) is 0.497. The Bertz CT molecular complexity index is 1240. The van der Waals surface area contributed by atoms with Crippen LogP contribution in [0.25, 0.3) is 22.3 Å². The van der Waals surface area contributed by atoms with Crippen LogP contribution in [0.1, 0.15) is 36.6 Å². The van der Waals surface area contributed by atoms with Crippen molar-refractivity contribution in [1.82, 2.24) is 19.9 Å². The first kappa shape index (κ1) is 18.5. The molecule has 0 bridgehead atoms. The van der Waals surface area contributed by atoms with Crippen molar-refractivity contribution in [3.05, 3.63) is 47.8 Å². The van der Waals surface area contributed by atoms with Crippen LogP contribution >= 0.6 is 0 Å². The van der Waals surface area contributed by atoms with Gasteiger partial charge in [0, 0.05) is 37.1 Å². The molecule has 0 spiro atoms. The number of fused-ring (bicyclic) bond motifs is 1. The van der Waals surface area contributed by atoms with Crippen LogP contribution in [0, 0.1) is 11.8 Å². The zero-order valence-electron chi connectivity index (χ0n) is 16.6. The molecule has 1 aliphatic carbocycles. The molecule has 1 unspecified atom stereocenters. The summed E-state index contributed by atoms with van der Waals surface area (Å²) in [5.41, 5.74) is 8.16. The van der Waals surface area contributed by atoms with Gasteiger partial charge in [-0.2, -0.15) is 0 Å². The van der Waals surface area contributed by atoms with E-state index in [1.54, 1.807) is 7.05 Å². The van der Waals surface area contributed by atoms with Gasteiger partial charge in [0.1, 0.15) is 11.3 Å². The van der Waals surface area contributed by atoms with Crippen LogP contribution in [0.5, 0.6) is 0 Å². The molecular weight excluding hydrogens is 378 g/mol. The predicted octanol–water partition coefficient (Wildman–Crippen LogP) is 2.10. The van der Waals surface area contributed by atoms with Gasteiger partial charge in [0.15, 0.2) is 5.82 Å². The summed E-state index contributed by atoms with van der Waals surface area (Å²) in [7, 11) is 1.66. The SMILES string of the molecule is CN1CCC(O)(C#Cc2cccc(-c3ccc4nc(C5CC5)nc(N)c4n3)c2)C1=O. The van der Waals surface area contributed by atoms with Gasteiger partial charge in [-0.15, -0.1) is 0 Å². The van der Waals surface area contributed by atoms with Gasteiger partial charge in [0.2, 0.25) is 5.60 Å². The second-order valence-electron chi connectivity index (χ2n) is 7.97. The van der Waals surface area contributed by atoms with E-state index in [9.17, 15) is 9.90 Å². The number of aromatic nitrogens is 3. The first-order valence-electron chi connectivity index (χ1n) is 9.99. The number of likely N-dealkylation sites (N-methyl/N-ethyl adjacent to an activating group) is 1. The van der Waals surface area contributed by atoms with Gasteiger partial charge in [-0.05, 0) is 37.1 Å². The van der Waals surface area contributed by atoms with Crippen molar-refractivity contribution in [2.24, 2.45) is 0 Å². The monoisotopic (exact) mass is 399 g/mol. The molecule has 3 N–H and O–H groups in total. The Kier molecular flexibility index (Phi) is 4.19. The molecular formula is C23H21N5O2. The Hall–Kier alpha value is -3.50. The number of benzene rings is 1. The zero-order chi connectivity index (χ0) is 20.9. The lowest BCUT2D eigenvalue weighted by molar-refractivity contribution is -0.137. The van der Waals surface area contributed by atoms with E-state index in [-0.39, 0.29) is 5.91 Å². The minimum Gasteiger partial charge on any atom is -0.382 e. The summed E-state index contributed by atoms with van der Waals surface area (Å²) in [6, 6.07) is 11.3. The van der Waals surface area contributed by atoms with Gasteiger partial charge >= 0.3 is 0 Å². The van der Waals surface area contributed by atoms with Crippen LogP contribution in [0.4, 0.5) is 5.82 Å². The van der Waals surface area contributed by atoms with Crippen LogP contribution in [-0.4, -0.2) is 50.1 Å². The number of amides is 1. The van der Waals surface area contributed by atoms with Crippen molar-refractivity contribution in [2.75, 3.05) is 19.3 Å². The molecule has 2 fully saturated rings. The van der Waals surface area contributed by atoms with Gasteiger partial charge in [0.25, 0.3) is 5.91 Å². The molecule has 1 aliphatic heterocycles. The number of hydrogen-bond donors (Lipinski definition) is 2. The van der Waals surface area contributed by atoms with E-state index in [1.807, 2.05) is 36.4 Å². The van der Waals surface area contributed by atoms with Crippen molar-refractivity contribution >= 4 is 22.8 Å². The molecule has 1 amide bonds. The number of hydrogen-bond acceptors (Lipinski definition) is 6.